The number of nitrogens with one attached hydrogen (secondary N) is 1. The molecule has 0 aliphatic carbocycles. The van der Waals surface area contributed by atoms with Gasteiger partial charge >= 0.3 is 5.97 Å². The summed E-state index contributed by atoms with van der Waals surface area (Å²) in [5, 5.41) is 4.70. The second kappa shape index (κ2) is 11.1. The fourth-order valence-electron chi connectivity index (χ4n) is 2.90. The molecule has 1 aliphatic rings. The molecule has 0 saturated carbocycles. The Morgan fingerprint density at radius 1 is 1.32 bits per heavy atom. The van der Waals surface area contributed by atoms with Crippen molar-refractivity contribution in [3.8, 4) is 0 Å². The van der Waals surface area contributed by atoms with E-state index in [-0.39, 0.29) is 35.9 Å². The highest BCUT2D eigenvalue weighted by atomic mass is 127. The van der Waals surface area contributed by atoms with Crippen LogP contribution in [0.3, 0.4) is 0 Å². The van der Waals surface area contributed by atoms with Gasteiger partial charge in [-0.3, -0.25) is 9.79 Å². The smallest absolute Gasteiger partial charge is 0.308 e. The number of carbonyl (C=O) groups is 1. The number of benzene rings is 1. The molecule has 140 valence electrons. The van der Waals surface area contributed by atoms with Crippen molar-refractivity contribution >= 4 is 59.1 Å². The summed E-state index contributed by atoms with van der Waals surface area (Å²) in [5.74, 6) is 0.707. The lowest BCUT2D eigenvalue weighted by molar-refractivity contribution is -0.146. The molecule has 1 heterocycles. The molecule has 1 aliphatic heterocycles. The molecule has 0 unspecified atom stereocenters. The van der Waals surface area contributed by atoms with E-state index < -0.39 is 0 Å². The van der Waals surface area contributed by atoms with Crippen molar-refractivity contribution in [1.82, 2.24) is 10.2 Å². The summed E-state index contributed by atoms with van der Waals surface area (Å²) < 4.78 is 4.82. The number of halogens is 3. The molecule has 1 N–H and O–H groups in total. The van der Waals surface area contributed by atoms with Gasteiger partial charge in [-0.05, 0) is 37.0 Å². The molecule has 25 heavy (non-hydrogen) atoms. The normalized spacial score (nSPS) is 15.5. The number of piperidine rings is 1. The van der Waals surface area contributed by atoms with Gasteiger partial charge in [0, 0.05) is 36.7 Å². The van der Waals surface area contributed by atoms with Crippen molar-refractivity contribution in [2.24, 2.45) is 10.9 Å². The lowest BCUT2D eigenvalue weighted by atomic mass is 9.97. The Hall–Kier alpha value is -0.730. The number of ether oxygens (including phenoxy) is 1. The molecule has 5 nitrogen and oxygen atoms in total. The third kappa shape index (κ3) is 6.18. The topological polar surface area (TPSA) is 53.9 Å². The second-order valence-corrected chi connectivity index (χ2v) is 6.52. The zero-order valence-corrected chi connectivity index (χ0v) is 18.3. The van der Waals surface area contributed by atoms with E-state index in [0.717, 1.165) is 43.9 Å². The Bertz CT molecular complexity index is 585. The fourth-order valence-corrected chi connectivity index (χ4v) is 3.48. The van der Waals surface area contributed by atoms with Crippen LogP contribution in [0.25, 0.3) is 0 Å². The summed E-state index contributed by atoms with van der Waals surface area (Å²) in [7, 11) is 3.20. The van der Waals surface area contributed by atoms with E-state index in [1.165, 1.54) is 7.11 Å². The molecule has 0 bridgehead atoms. The molecule has 1 aromatic carbocycles. The predicted molar refractivity (Wildman–Crippen MR) is 113 cm³/mol. The van der Waals surface area contributed by atoms with Crippen molar-refractivity contribution < 1.29 is 9.53 Å². The molecule has 0 radical (unpaired) electrons. The van der Waals surface area contributed by atoms with Crippen LogP contribution in [-0.4, -0.2) is 50.6 Å². The summed E-state index contributed by atoms with van der Waals surface area (Å²) in [6.07, 6.45) is 2.28. The van der Waals surface area contributed by atoms with Crippen LogP contribution in [0.1, 0.15) is 18.4 Å². The minimum atomic E-state index is -0.119. The number of esters is 1. The standard InChI is InChI=1S/C17H23Cl2N3O2.HI/c1-20-17(22-10-7-12(8-11-22)16(23)24-2)21-9-6-13-14(18)4-3-5-15(13)19;/h3-5,12H,6-11H2,1-2H3,(H,20,21);1H. The number of guanidine groups is 1. The third-order valence-electron chi connectivity index (χ3n) is 4.26. The van der Waals surface area contributed by atoms with Crippen LogP contribution in [0.4, 0.5) is 0 Å². The zero-order valence-electron chi connectivity index (χ0n) is 14.4. The molecule has 1 fully saturated rings. The van der Waals surface area contributed by atoms with Gasteiger partial charge in [0.1, 0.15) is 0 Å². The van der Waals surface area contributed by atoms with Crippen LogP contribution in [0, 0.1) is 5.92 Å². The lowest BCUT2D eigenvalue weighted by Gasteiger charge is -2.33. The average Bonchev–Trinajstić information content (AvgIpc) is 2.60. The molecule has 1 saturated heterocycles. The highest BCUT2D eigenvalue weighted by molar-refractivity contribution is 14.0. The maximum Gasteiger partial charge on any atom is 0.308 e. The number of hydrogen-bond donors (Lipinski definition) is 1. The molecule has 8 heteroatoms. The van der Waals surface area contributed by atoms with Crippen LogP contribution >= 0.6 is 47.2 Å². The number of methoxy groups -OCH3 is 1. The van der Waals surface area contributed by atoms with Gasteiger partial charge in [-0.25, -0.2) is 0 Å². The van der Waals surface area contributed by atoms with Gasteiger partial charge in [-0.1, -0.05) is 29.3 Å². The molecule has 0 spiro atoms. The van der Waals surface area contributed by atoms with E-state index in [0.29, 0.717) is 16.6 Å². The summed E-state index contributed by atoms with van der Waals surface area (Å²) in [4.78, 5) is 18.1. The van der Waals surface area contributed by atoms with E-state index in [1.807, 2.05) is 18.2 Å². The average molecular weight is 500 g/mol. The minimum absolute atomic E-state index is 0. The Kier molecular flexibility index (Phi) is 9.89. The monoisotopic (exact) mass is 499 g/mol. The predicted octanol–water partition coefficient (Wildman–Crippen LogP) is 3.61. The molecule has 0 atom stereocenters. The Morgan fingerprint density at radius 3 is 2.44 bits per heavy atom. The van der Waals surface area contributed by atoms with E-state index in [1.54, 1.807) is 7.05 Å². The molecule has 0 amide bonds. The summed E-state index contributed by atoms with van der Waals surface area (Å²) in [6.45, 7) is 2.26. The molecule has 0 aromatic heterocycles. The molecular formula is C17H24Cl2IN3O2. The van der Waals surface area contributed by atoms with E-state index in [4.69, 9.17) is 27.9 Å². The molecular weight excluding hydrogens is 476 g/mol. The first-order valence-electron chi connectivity index (χ1n) is 8.03. The lowest BCUT2D eigenvalue weighted by Crippen LogP contribution is -2.47. The Balaban J connectivity index is 0.00000312. The van der Waals surface area contributed by atoms with Crippen molar-refractivity contribution in [1.29, 1.82) is 0 Å². The zero-order chi connectivity index (χ0) is 17.5. The van der Waals surface area contributed by atoms with Gasteiger partial charge in [0.05, 0.1) is 13.0 Å². The van der Waals surface area contributed by atoms with Gasteiger partial charge in [0.15, 0.2) is 5.96 Å². The van der Waals surface area contributed by atoms with Gasteiger partial charge < -0.3 is 15.0 Å². The van der Waals surface area contributed by atoms with Gasteiger partial charge in [0.25, 0.3) is 0 Å². The number of rotatable bonds is 4. The fraction of sp³-hybridized carbons (Fsp3) is 0.529. The van der Waals surface area contributed by atoms with Crippen LogP contribution in [0.2, 0.25) is 10.0 Å². The first-order chi connectivity index (χ1) is 11.6. The number of likely N-dealkylation sites (tertiary alicyclic amines) is 1. The van der Waals surface area contributed by atoms with Gasteiger partial charge in [-0.15, -0.1) is 24.0 Å². The number of hydrogen-bond acceptors (Lipinski definition) is 3. The summed E-state index contributed by atoms with van der Waals surface area (Å²) in [5.41, 5.74) is 0.938. The molecule has 2 rings (SSSR count). The maximum atomic E-state index is 11.6. The number of aliphatic imine (C=N–C) groups is 1. The van der Waals surface area contributed by atoms with E-state index >= 15 is 0 Å². The first-order valence-corrected chi connectivity index (χ1v) is 8.78. The van der Waals surface area contributed by atoms with Crippen LogP contribution < -0.4 is 5.32 Å². The number of nitrogens with zero attached hydrogens (tertiary/aromatic N) is 2. The number of carbonyl (C=O) groups excluding carboxylic acids is 1. The molecule has 1 aromatic rings. The van der Waals surface area contributed by atoms with Gasteiger partial charge in [0.2, 0.25) is 0 Å². The Morgan fingerprint density at radius 2 is 1.92 bits per heavy atom. The SMILES string of the molecule is CN=C(NCCc1c(Cl)cccc1Cl)N1CCC(C(=O)OC)CC1.I. The highest BCUT2D eigenvalue weighted by Gasteiger charge is 2.26. The first kappa shape index (κ1) is 22.3. The van der Waals surface area contributed by atoms with Crippen LogP contribution in [0.15, 0.2) is 23.2 Å². The minimum Gasteiger partial charge on any atom is -0.469 e. The van der Waals surface area contributed by atoms with Crippen molar-refractivity contribution in [2.45, 2.75) is 19.3 Å². The Labute approximate surface area is 176 Å². The maximum absolute atomic E-state index is 11.6. The van der Waals surface area contributed by atoms with Gasteiger partial charge in [-0.2, -0.15) is 0 Å². The van der Waals surface area contributed by atoms with Crippen molar-refractivity contribution in [2.75, 3.05) is 33.8 Å². The second-order valence-electron chi connectivity index (χ2n) is 5.71. The van der Waals surface area contributed by atoms with Crippen LogP contribution in [0.5, 0.6) is 0 Å². The van der Waals surface area contributed by atoms with Crippen molar-refractivity contribution in [3.63, 3.8) is 0 Å². The summed E-state index contributed by atoms with van der Waals surface area (Å²) in [6, 6.07) is 5.52. The highest BCUT2D eigenvalue weighted by Crippen LogP contribution is 2.24. The van der Waals surface area contributed by atoms with Crippen molar-refractivity contribution in [3.05, 3.63) is 33.8 Å². The third-order valence-corrected chi connectivity index (χ3v) is 4.97. The van der Waals surface area contributed by atoms with E-state index in [2.05, 4.69) is 15.2 Å². The summed E-state index contributed by atoms with van der Waals surface area (Å²) >= 11 is 12.4. The van der Waals surface area contributed by atoms with E-state index in [9.17, 15) is 4.79 Å². The van der Waals surface area contributed by atoms with Crippen LogP contribution in [-0.2, 0) is 16.0 Å². The largest absolute Gasteiger partial charge is 0.469 e. The quantitative estimate of drug-likeness (QED) is 0.297.